The topological polar surface area (TPSA) is 76.0 Å². The summed E-state index contributed by atoms with van der Waals surface area (Å²) in [6, 6.07) is 5.73. The van der Waals surface area contributed by atoms with E-state index in [0.717, 1.165) is 40.1 Å². The summed E-state index contributed by atoms with van der Waals surface area (Å²) in [5.74, 6) is 0.875. The van der Waals surface area contributed by atoms with Gasteiger partial charge in [-0.1, -0.05) is 12.1 Å². The molecular weight excluding hydrogens is 330 g/mol. The molecule has 0 aliphatic carbocycles. The van der Waals surface area contributed by atoms with Gasteiger partial charge in [0.1, 0.15) is 12.2 Å². The molecule has 0 radical (unpaired) electrons. The van der Waals surface area contributed by atoms with Crippen molar-refractivity contribution in [1.82, 2.24) is 24.6 Å². The van der Waals surface area contributed by atoms with Gasteiger partial charge >= 0.3 is 0 Å². The van der Waals surface area contributed by atoms with Gasteiger partial charge in [0.25, 0.3) is 0 Å². The van der Waals surface area contributed by atoms with Gasteiger partial charge in [-0.25, -0.2) is 0 Å². The lowest BCUT2D eigenvalue weighted by Gasteiger charge is -2.17. The van der Waals surface area contributed by atoms with Gasteiger partial charge in [0.15, 0.2) is 5.43 Å². The molecule has 0 aliphatic rings. The smallest absolute Gasteiger partial charge is 0.189 e. The molecule has 0 fully saturated rings. The summed E-state index contributed by atoms with van der Waals surface area (Å²) in [6.45, 7) is 6.58. The number of hydrogen-bond donors (Lipinski definition) is 1. The average molecular weight is 355 g/mol. The van der Waals surface area contributed by atoms with Crippen LogP contribution in [0.25, 0.3) is 10.9 Å². The molecule has 1 N–H and O–H groups in total. The van der Waals surface area contributed by atoms with Crippen LogP contribution in [0.4, 0.5) is 0 Å². The molecule has 0 bridgehead atoms. The van der Waals surface area contributed by atoms with Crippen LogP contribution in [0.5, 0.6) is 0 Å². The molecule has 3 rings (SSSR count). The van der Waals surface area contributed by atoms with Crippen molar-refractivity contribution in [3.05, 3.63) is 57.4 Å². The third-order valence-corrected chi connectivity index (χ3v) is 4.54. The number of H-pyrrole nitrogens is 1. The van der Waals surface area contributed by atoms with Crippen molar-refractivity contribution >= 4 is 10.9 Å². The van der Waals surface area contributed by atoms with Crippen molar-refractivity contribution in [2.45, 2.75) is 33.5 Å². The molecular formula is C19H25N5O2. The van der Waals surface area contributed by atoms with Gasteiger partial charge < -0.3 is 14.3 Å². The van der Waals surface area contributed by atoms with E-state index in [4.69, 9.17) is 4.74 Å². The lowest BCUT2D eigenvalue weighted by Crippen LogP contribution is -2.22. The van der Waals surface area contributed by atoms with Crippen LogP contribution in [0, 0.1) is 13.8 Å². The molecule has 0 saturated heterocycles. The molecule has 0 amide bonds. The Hall–Kier alpha value is -2.51. The maximum absolute atomic E-state index is 12.6. The minimum Gasteiger partial charge on any atom is -0.383 e. The Balaban J connectivity index is 1.80. The van der Waals surface area contributed by atoms with E-state index >= 15 is 0 Å². The highest BCUT2D eigenvalue weighted by Crippen LogP contribution is 2.18. The first-order chi connectivity index (χ1) is 12.5. The second-order valence-corrected chi connectivity index (χ2v) is 6.71. The van der Waals surface area contributed by atoms with Gasteiger partial charge in [0, 0.05) is 37.3 Å². The summed E-state index contributed by atoms with van der Waals surface area (Å²) in [6.07, 6.45) is 1.71. The van der Waals surface area contributed by atoms with E-state index in [2.05, 4.69) is 20.1 Å². The zero-order chi connectivity index (χ0) is 18.7. The fraction of sp³-hybridized carbons (Fsp3) is 0.421. The molecule has 1 aromatic carbocycles. The van der Waals surface area contributed by atoms with Gasteiger partial charge in [-0.3, -0.25) is 9.69 Å². The SMILES string of the molecule is COCCn1cnnc1CN(C)Cc1cc(=O)c2c(C)ccc(C)c2[nH]1. The largest absolute Gasteiger partial charge is 0.383 e. The number of aryl methyl sites for hydroxylation is 2. The van der Waals surface area contributed by atoms with E-state index in [9.17, 15) is 4.79 Å². The Kier molecular flexibility index (Phi) is 5.49. The second kappa shape index (κ2) is 7.80. The van der Waals surface area contributed by atoms with Crippen molar-refractivity contribution in [2.75, 3.05) is 20.8 Å². The number of rotatable bonds is 7. The second-order valence-electron chi connectivity index (χ2n) is 6.71. The summed E-state index contributed by atoms with van der Waals surface area (Å²) in [4.78, 5) is 18.1. The van der Waals surface area contributed by atoms with Crippen LogP contribution in [-0.4, -0.2) is 45.4 Å². The summed E-state index contributed by atoms with van der Waals surface area (Å²) in [5, 5.41) is 8.95. The van der Waals surface area contributed by atoms with Crippen LogP contribution in [0.1, 0.15) is 22.6 Å². The molecule has 3 aromatic rings. The Labute approximate surface area is 152 Å². The number of aromatic amines is 1. The fourth-order valence-electron chi connectivity index (χ4n) is 3.17. The molecule has 138 valence electrons. The van der Waals surface area contributed by atoms with E-state index in [1.807, 2.05) is 37.6 Å². The Bertz CT molecular complexity index is 960. The van der Waals surface area contributed by atoms with E-state index in [1.165, 1.54) is 0 Å². The van der Waals surface area contributed by atoms with Crippen LogP contribution < -0.4 is 5.43 Å². The molecule has 0 spiro atoms. The number of hydrogen-bond acceptors (Lipinski definition) is 5. The zero-order valence-corrected chi connectivity index (χ0v) is 15.7. The van der Waals surface area contributed by atoms with Crippen molar-refractivity contribution in [2.24, 2.45) is 0 Å². The monoisotopic (exact) mass is 355 g/mol. The van der Waals surface area contributed by atoms with Gasteiger partial charge in [-0.2, -0.15) is 0 Å². The molecule has 26 heavy (non-hydrogen) atoms. The number of fused-ring (bicyclic) bond motifs is 1. The van der Waals surface area contributed by atoms with Crippen molar-refractivity contribution in [3.8, 4) is 0 Å². The predicted octanol–water partition coefficient (Wildman–Crippen LogP) is 2.01. The zero-order valence-electron chi connectivity index (χ0n) is 15.7. The number of nitrogens with one attached hydrogen (secondary N) is 1. The molecule has 7 nitrogen and oxygen atoms in total. The van der Waals surface area contributed by atoms with Crippen LogP contribution in [-0.2, 0) is 24.4 Å². The number of nitrogens with zero attached hydrogens (tertiary/aromatic N) is 4. The van der Waals surface area contributed by atoms with Gasteiger partial charge in [-0.05, 0) is 32.0 Å². The van der Waals surface area contributed by atoms with E-state index < -0.39 is 0 Å². The lowest BCUT2D eigenvalue weighted by atomic mass is 10.0. The van der Waals surface area contributed by atoms with Gasteiger partial charge in [-0.15, -0.1) is 10.2 Å². The molecule has 0 unspecified atom stereocenters. The molecule has 0 aliphatic heterocycles. The first kappa shape index (κ1) is 18.3. The molecule has 7 heteroatoms. The van der Waals surface area contributed by atoms with E-state index in [-0.39, 0.29) is 5.43 Å². The molecule has 0 atom stereocenters. The lowest BCUT2D eigenvalue weighted by molar-refractivity contribution is 0.184. The minimum atomic E-state index is 0.0617. The average Bonchev–Trinajstić information content (AvgIpc) is 3.02. The summed E-state index contributed by atoms with van der Waals surface area (Å²) >= 11 is 0. The van der Waals surface area contributed by atoms with Crippen LogP contribution in [0.15, 0.2) is 29.3 Å². The van der Waals surface area contributed by atoms with Crippen molar-refractivity contribution in [3.63, 3.8) is 0 Å². The number of pyridine rings is 1. The maximum atomic E-state index is 12.6. The highest BCUT2D eigenvalue weighted by molar-refractivity contribution is 5.84. The summed E-state index contributed by atoms with van der Waals surface area (Å²) in [7, 11) is 3.68. The highest BCUT2D eigenvalue weighted by Gasteiger charge is 2.11. The van der Waals surface area contributed by atoms with Crippen LogP contribution in [0.2, 0.25) is 0 Å². The van der Waals surface area contributed by atoms with E-state index in [0.29, 0.717) is 19.7 Å². The number of benzene rings is 1. The van der Waals surface area contributed by atoms with Crippen molar-refractivity contribution in [1.29, 1.82) is 0 Å². The number of methoxy groups -OCH3 is 1. The number of aromatic nitrogens is 4. The Morgan fingerprint density at radius 3 is 2.77 bits per heavy atom. The fourth-order valence-corrected chi connectivity index (χ4v) is 3.17. The predicted molar refractivity (Wildman–Crippen MR) is 101 cm³/mol. The molecule has 0 saturated carbocycles. The van der Waals surface area contributed by atoms with E-state index in [1.54, 1.807) is 19.5 Å². The van der Waals surface area contributed by atoms with Crippen molar-refractivity contribution < 1.29 is 4.74 Å². The first-order valence-electron chi connectivity index (χ1n) is 8.66. The Morgan fingerprint density at radius 1 is 1.23 bits per heavy atom. The summed E-state index contributed by atoms with van der Waals surface area (Å²) in [5.41, 5.74) is 3.95. The third kappa shape index (κ3) is 3.84. The standard InChI is InChI=1S/C19H25N5O2/c1-13-5-6-14(2)19-18(13)16(25)9-15(21-19)10-23(3)11-17-22-20-12-24(17)7-8-26-4/h5-6,9,12H,7-8,10-11H2,1-4H3,(H,21,25). The maximum Gasteiger partial charge on any atom is 0.189 e. The summed E-state index contributed by atoms with van der Waals surface area (Å²) < 4.78 is 7.10. The van der Waals surface area contributed by atoms with Crippen LogP contribution in [0.3, 0.4) is 0 Å². The quantitative estimate of drug-likeness (QED) is 0.702. The highest BCUT2D eigenvalue weighted by atomic mass is 16.5. The minimum absolute atomic E-state index is 0.0617. The van der Waals surface area contributed by atoms with Crippen LogP contribution >= 0.6 is 0 Å². The molecule has 2 heterocycles. The van der Waals surface area contributed by atoms with Gasteiger partial charge in [0.2, 0.25) is 0 Å². The number of ether oxygens (including phenoxy) is 1. The third-order valence-electron chi connectivity index (χ3n) is 4.54. The first-order valence-corrected chi connectivity index (χ1v) is 8.66. The molecule has 2 aromatic heterocycles. The van der Waals surface area contributed by atoms with Gasteiger partial charge in [0.05, 0.1) is 18.7 Å². The Morgan fingerprint density at radius 2 is 2.00 bits per heavy atom. The normalized spacial score (nSPS) is 11.6.